The fraction of sp³-hybridized carbons (Fsp3) is 0.762. The number of anilines is 1. The van der Waals surface area contributed by atoms with Gasteiger partial charge in [0.05, 0.1) is 5.69 Å². The summed E-state index contributed by atoms with van der Waals surface area (Å²) in [5.41, 5.74) is 1.14. The highest BCUT2D eigenvalue weighted by molar-refractivity contribution is 7.13. The Morgan fingerprint density at radius 3 is 2.83 bits per heavy atom. The molecule has 0 spiro atoms. The summed E-state index contributed by atoms with van der Waals surface area (Å²) in [7, 11) is 1.80. The van der Waals surface area contributed by atoms with Crippen molar-refractivity contribution in [3.8, 4) is 0 Å². The van der Waals surface area contributed by atoms with Gasteiger partial charge >= 0.3 is 0 Å². The molecular weight excluding hydrogens is 384 g/mol. The second-order valence-electron chi connectivity index (χ2n) is 8.43. The summed E-state index contributed by atoms with van der Waals surface area (Å²) in [6.45, 7) is 7.10. The van der Waals surface area contributed by atoms with Crippen LogP contribution in [0, 0.1) is 5.92 Å². The summed E-state index contributed by atoms with van der Waals surface area (Å²) in [6.07, 6.45) is 7.44. The molecule has 2 fully saturated rings. The summed E-state index contributed by atoms with van der Waals surface area (Å²) in [4.78, 5) is 23.9. The van der Waals surface area contributed by atoms with Crippen molar-refractivity contribution in [2.75, 3.05) is 31.6 Å². The second kappa shape index (κ2) is 10.8. The number of guanidine groups is 1. The van der Waals surface area contributed by atoms with Gasteiger partial charge in [-0.1, -0.05) is 6.42 Å². The molecule has 2 unspecified atom stereocenters. The van der Waals surface area contributed by atoms with E-state index >= 15 is 0 Å². The molecule has 2 atom stereocenters. The molecule has 29 heavy (non-hydrogen) atoms. The van der Waals surface area contributed by atoms with Gasteiger partial charge in [0, 0.05) is 56.5 Å². The Bertz CT molecular complexity index is 682. The number of rotatable bonds is 7. The molecule has 2 aliphatic rings. The van der Waals surface area contributed by atoms with Gasteiger partial charge in [-0.05, 0) is 46.0 Å². The number of carbonyl (C=O) groups excluding carboxylic acids is 1. The topological polar surface area (TPSA) is 81.7 Å². The average Bonchev–Trinajstić information content (AvgIpc) is 3.38. The molecule has 162 valence electrons. The van der Waals surface area contributed by atoms with Crippen molar-refractivity contribution in [1.29, 1.82) is 0 Å². The van der Waals surface area contributed by atoms with Crippen LogP contribution in [0.25, 0.3) is 0 Å². The molecule has 1 amide bonds. The SMILES string of the molecule is CN=C(NCCc1csc(N2CCCC2)n1)NC1CCCC(C(=O)NC(C)C)C1. The molecule has 1 aliphatic carbocycles. The fourth-order valence-corrected chi connectivity index (χ4v) is 5.04. The zero-order chi connectivity index (χ0) is 20.6. The predicted molar refractivity (Wildman–Crippen MR) is 121 cm³/mol. The van der Waals surface area contributed by atoms with Crippen molar-refractivity contribution >= 4 is 28.3 Å². The largest absolute Gasteiger partial charge is 0.356 e. The van der Waals surface area contributed by atoms with Crippen LogP contribution in [0.15, 0.2) is 10.4 Å². The van der Waals surface area contributed by atoms with E-state index in [1.165, 1.54) is 12.8 Å². The summed E-state index contributed by atoms with van der Waals surface area (Å²) in [5, 5.41) is 13.3. The van der Waals surface area contributed by atoms with Gasteiger partial charge in [-0.2, -0.15) is 0 Å². The van der Waals surface area contributed by atoms with E-state index in [0.717, 1.165) is 68.5 Å². The molecule has 1 saturated carbocycles. The van der Waals surface area contributed by atoms with Crippen molar-refractivity contribution in [1.82, 2.24) is 20.9 Å². The lowest BCUT2D eigenvalue weighted by Crippen LogP contribution is -2.47. The zero-order valence-corrected chi connectivity index (χ0v) is 18.9. The van der Waals surface area contributed by atoms with Gasteiger partial charge in [-0.15, -0.1) is 11.3 Å². The Morgan fingerprint density at radius 1 is 1.31 bits per heavy atom. The number of aromatic nitrogens is 1. The Hall–Kier alpha value is -1.83. The molecule has 3 N–H and O–H groups in total. The number of nitrogens with zero attached hydrogens (tertiary/aromatic N) is 3. The number of carbonyl (C=O) groups is 1. The Kier molecular flexibility index (Phi) is 8.15. The molecule has 0 radical (unpaired) electrons. The van der Waals surface area contributed by atoms with Crippen LogP contribution in [0.1, 0.15) is 58.1 Å². The standard InChI is InChI=1S/C21H36N6OS/c1-15(2)24-19(28)16-7-6-8-17(13-16)25-20(22-3)23-10-9-18-14-29-21(26-18)27-11-4-5-12-27/h14-17H,4-13H2,1-3H3,(H,24,28)(H2,22,23,25). The number of amides is 1. The summed E-state index contributed by atoms with van der Waals surface area (Å²) in [5.74, 6) is 1.10. The minimum absolute atomic E-state index is 0.0979. The van der Waals surface area contributed by atoms with Crippen molar-refractivity contribution in [3.05, 3.63) is 11.1 Å². The smallest absolute Gasteiger partial charge is 0.223 e. The second-order valence-corrected chi connectivity index (χ2v) is 9.27. The van der Waals surface area contributed by atoms with Crippen LogP contribution in [0.3, 0.4) is 0 Å². The fourth-order valence-electron chi connectivity index (χ4n) is 4.12. The minimum atomic E-state index is 0.0979. The maximum absolute atomic E-state index is 12.3. The highest BCUT2D eigenvalue weighted by Gasteiger charge is 2.28. The van der Waals surface area contributed by atoms with E-state index in [1.54, 1.807) is 18.4 Å². The third-order valence-electron chi connectivity index (χ3n) is 5.63. The zero-order valence-electron chi connectivity index (χ0n) is 18.0. The molecule has 1 saturated heterocycles. The number of hydrogen-bond acceptors (Lipinski definition) is 5. The predicted octanol–water partition coefficient (Wildman–Crippen LogP) is 2.53. The van der Waals surface area contributed by atoms with E-state index < -0.39 is 0 Å². The lowest BCUT2D eigenvalue weighted by Gasteiger charge is -2.30. The Labute approximate surface area is 178 Å². The van der Waals surface area contributed by atoms with Gasteiger partial charge in [-0.25, -0.2) is 4.98 Å². The highest BCUT2D eigenvalue weighted by atomic mass is 32.1. The van der Waals surface area contributed by atoms with E-state index in [0.29, 0.717) is 6.04 Å². The maximum atomic E-state index is 12.3. The van der Waals surface area contributed by atoms with Crippen LogP contribution >= 0.6 is 11.3 Å². The van der Waals surface area contributed by atoms with Gasteiger partial charge in [-0.3, -0.25) is 9.79 Å². The van der Waals surface area contributed by atoms with Crippen LogP contribution in [-0.4, -0.2) is 55.6 Å². The van der Waals surface area contributed by atoms with Crippen LogP contribution in [0.4, 0.5) is 5.13 Å². The lowest BCUT2D eigenvalue weighted by atomic mass is 9.85. The van der Waals surface area contributed by atoms with Crippen LogP contribution in [0.2, 0.25) is 0 Å². The average molecular weight is 421 g/mol. The molecular formula is C21H36N6OS. The highest BCUT2D eigenvalue weighted by Crippen LogP contribution is 2.25. The molecule has 1 aliphatic heterocycles. The minimum Gasteiger partial charge on any atom is -0.356 e. The Balaban J connectivity index is 1.41. The van der Waals surface area contributed by atoms with Gasteiger partial charge in [0.2, 0.25) is 5.91 Å². The molecule has 1 aromatic heterocycles. The molecule has 0 bridgehead atoms. The quantitative estimate of drug-likeness (QED) is 0.466. The summed E-state index contributed by atoms with van der Waals surface area (Å²) < 4.78 is 0. The first-order valence-corrected chi connectivity index (χ1v) is 11.9. The normalized spacial score (nSPS) is 22.8. The van der Waals surface area contributed by atoms with Crippen molar-refractivity contribution in [2.24, 2.45) is 10.9 Å². The van der Waals surface area contributed by atoms with E-state index in [-0.39, 0.29) is 17.9 Å². The first-order valence-electron chi connectivity index (χ1n) is 11.0. The van der Waals surface area contributed by atoms with E-state index in [9.17, 15) is 4.79 Å². The van der Waals surface area contributed by atoms with E-state index in [1.807, 2.05) is 13.8 Å². The van der Waals surface area contributed by atoms with Crippen LogP contribution in [0.5, 0.6) is 0 Å². The number of hydrogen-bond donors (Lipinski definition) is 3. The monoisotopic (exact) mass is 420 g/mol. The number of aliphatic imine (C=N–C) groups is 1. The Morgan fingerprint density at radius 2 is 2.10 bits per heavy atom. The van der Waals surface area contributed by atoms with Crippen molar-refractivity contribution in [2.45, 2.75) is 70.9 Å². The molecule has 8 heteroatoms. The molecule has 2 heterocycles. The van der Waals surface area contributed by atoms with E-state index in [4.69, 9.17) is 4.98 Å². The van der Waals surface area contributed by atoms with Gasteiger partial charge in [0.25, 0.3) is 0 Å². The summed E-state index contributed by atoms with van der Waals surface area (Å²) >= 11 is 1.75. The van der Waals surface area contributed by atoms with Gasteiger partial charge in [0.1, 0.15) is 0 Å². The lowest BCUT2D eigenvalue weighted by molar-refractivity contribution is -0.126. The number of nitrogens with one attached hydrogen (secondary N) is 3. The van der Waals surface area contributed by atoms with E-state index in [2.05, 4.69) is 31.2 Å². The third-order valence-corrected chi connectivity index (χ3v) is 6.58. The number of thiazole rings is 1. The first kappa shape index (κ1) is 21.9. The first-order chi connectivity index (χ1) is 14.0. The maximum Gasteiger partial charge on any atom is 0.223 e. The van der Waals surface area contributed by atoms with Gasteiger partial charge in [0.15, 0.2) is 11.1 Å². The van der Waals surface area contributed by atoms with Crippen molar-refractivity contribution < 1.29 is 4.79 Å². The molecule has 0 aromatic carbocycles. The van der Waals surface area contributed by atoms with Gasteiger partial charge < -0.3 is 20.9 Å². The van der Waals surface area contributed by atoms with Crippen molar-refractivity contribution in [3.63, 3.8) is 0 Å². The summed E-state index contributed by atoms with van der Waals surface area (Å²) in [6, 6.07) is 0.487. The molecule has 7 nitrogen and oxygen atoms in total. The third kappa shape index (κ3) is 6.59. The molecule has 1 aromatic rings. The van der Waals surface area contributed by atoms with Crippen LogP contribution < -0.4 is 20.9 Å². The molecule has 3 rings (SSSR count). The van der Waals surface area contributed by atoms with Crippen LogP contribution in [-0.2, 0) is 11.2 Å².